The predicted octanol–water partition coefficient (Wildman–Crippen LogP) is 0.486. The van der Waals surface area contributed by atoms with E-state index in [1.165, 1.54) is 6.08 Å². The SMILES string of the molecule is C=CC(CC)OC(=O)CO. The Balaban J connectivity index is 3.62. The number of hydrogen-bond acceptors (Lipinski definition) is 3. The van der Waals surface area contributed by atoms with E-state index in [1.54, 1.807) is 0 Å². The van der Waals surface area contributed by atoms with Crippen molar-refractivity contribution >= 4 is 5.97 Å². The fourth-order valence-electron chi connectivity index (χ4n) is 0.504. The molecule has 0 heterocycles. The number of aliphatic hydroxyl groups is 1. The minimum absolute atomic E-state index is 0.264. The van der Waals surface area contributed by atoms with Crippen molar-refractivity contribution in [2.75, 3.05) is 6.61 Å². The minimum atomic E-state index is -0.605. The molecule has 0 radical (unpaired) electrons. The molecule has 1 N–H and O–H groups in total. The van der Waals surface area contributed by atoms with Crippen LogP contribution in [0.1, 0.15) is 13.3 Å². The van der Waals surface area contributed by atoms with Gasteiger partial charge >= 0.3 is 5.97 Å². The summed E-state index contributed by atoms with van der Waals surface area (Å²) < 4.78 is 4.69. The van der Waals surface area contributed by atoms with Crippen LogP contribution >= 0.6 is 0 Å². The Labute approximate surface area is 60.3 Å². The summed E-state index contributed by atoms with van der Waals surface area (Å²) in [6.45, 7) is 4.77. The van der Waals surface area contributed by atoms with Gasteiger partial charge < -0.3 is 9.84 Å². The normalized spacial score (nSPS) is 12.2. The lowest BCUT2D eigenvalue weighted by Gasteiger charge is -2.09. The highest BCUT2D eigenvalue weighted by molar-refractivity contribution is 5.70. The van der Waals surface area contributed by atoms with Gasteiger partial charge in [-0.05, 0) is 6.42 Å². The molecule has 0 amide bonds. The van der Waals surface area contributed by atoms with Gasteiger partial charge in [0.25, 0.3) is 0 Å². The fourth-order valence-corrected chi connectivity index (χ4v) is 0.504. The quantitative estimate of drug-likeness (QED) is 0.461. The van der Waals surface area contributed by atoms with Crippen molar-refractivity contribution < 1.29 is 14.6 Å². The Bertz CT molecular complexity index is 120. The van der Waals surface area contributed by atoms with E-state index in [4.69, 9.17) is 9.84 Å². The Morgan fingerprint density at radius 1 is 1.90 bits per heavy atom. The summed E-state index contributed by atoms with van der Waals surface area (Å²) in [7, 11) is 0. The molecule has 0 fully saturated rings. The molecule has 0 bridgehead atoms. The maximum atomic E-state index is 10.4. The zero-order chi connectivity index (χ0) is 7.98. The van der Waals surface area contributed by atoms with Crippen LogP contribution in [-0.4, -0.2) is 23.8 Å². The lowest BCUT2D eigenvalue weighted by molar-refractivity contribution is -0.150. The van der Waals surface area contributed by atoms with Crippen molar-refractivity contribution in [3.8, 4) is 0 Å². The molecule has 1 atom stereocenters. The van der Waals surface area contributed by atoms with Crippen LogP contribution in [0.4, 0.5) is 0 Å². The van der Waals surface area contributed by atoms with Gasteiger partial charge in [0.2, 0.25) is 0 Å². The number of esters is 1. The fraction of sp³-hybridized carbons (Fsp3) is 0.571. The van der Waals surface area contributed by atoms with E-state index < -0.39 is 12.6 Å². The maximum Gasteiger partial charge on any atom is 0.332 e. The van der Waals surface area contributed by atoms with Gasteiger partial charge in [-0.1, -0.05) is 19.6 Å². The molecule has 58 valence electrons. The van der Waals surface area contributed by atoms with Crippen LogP contribution in [0.15, 0.2) is 12.7 Å². The van der Waals surface area contributed by atoms with Crippen LogP contribution in [0.5, 0.6) is 0 Å². The molecule has 0 aliphatic heterocycles. The van der Waals surface area contributed by atoms with Crippen molar-refractivity contribution in [1.82, 2.24) is 0 Å². The van der Waals surface area contributed by atoms with Crippen molar-refractivity contribution in [3.63, 3.8) is 0 Å². The van der Waals surface area contributed by atoms with E-state index in [2.05, 4.69) is 6.58 Å². The van der Waals surface area contributed by atoms with Crippen molar-refractivity contribution in [2.45, 2.75) is 19.4 Å². The molecule has 3 nitrogen and oxygen atoms in total. The highest BCUT2D eigenvalue weighted by Crippen LogP contribution is 1.98. The first kappa shape index (κ1) is 9.17. The number of hydrogen-bond donors (Lipinski definition) is 1. The first-order valence-electron chi connectivity index (χ1n) is 3.17. The second kappa shape index (κ2) is 4.99. The third-order valence-electron chi connectivity index (χ3n) is 1.08. The lowest BCUT2D eigenvalue weighted by Crippen LogP contribution is -2.17. The molecule has 10 heavy (non-hydrogen) atoms. The number of aliphatic hydroxyl groups excluding tert-OH is 1. The average Bonchev–Trinajstić information content (AvgIpc) is 1.99. The van der Waals surface area contributed by atoms with Crippen molar-refractivity contribution in [2.24, 2.45) is 0 Å². The summed E-state index contributed by atoms with van der Waals surface area (Å²) in [6.07, 6.45) is 1.96. The molecule has 0 aromatic rings. The Morgan fingerprint density at radius 3 is 2.80 bits per heavy atom. The summed E-state index contributed by atoms with van der Waals surface area (Å²) in [5, 5.41) is 8.27. The number of carbonyl (C=O) groups is 1. The van der Waals surface area contributed by atoms with E-state index in [0.29, 0.717) is 6.42 Å². The summed E-state index contributed by atoms with van der Waals surface area (Å²) in [4.78, 5) is 10.4. The highest BCUT2D eigenvalue weighted by atomic mass is 16.6. The van der Waals surface area contributed by atoms with E-state index in [0.717, 1.165) is 0 Å². The molecule has 0 aliphatic carbocycles. The van der Waals surface area contributed by atoms with Gasteiger partial charge in [0.15, 0.2) is 0 Å². The molecule has 0 spiro atoms. The zero-order valence-corrected chi connectivity index (χ0v) is 6.04. The van der Waals surface area contributed by atoms with Crippen molar-refractivity contribution in [1.29, 1.82) is 0 Å². The summed E-state index contributed by atoms with van der Waals surface area (Å²) >= 11 is 0. The van der Waals surface area contributed by atoms with Crippen molar-refractivity contribution in [3.05, 3.63) is 12.7 Å². The average molecular weight is 144 g/mol. The first-order valence-corrected chi connectivity index (χ1v) is 3.17. The van der Waals surface area contributed by atoms with Gasteiger partial charge in [-0.3, -0.25) is 0 Å². The van der Waals surface area contributed by atoms with Gasteiger partial charge in [0.1, 0.15) is 12.7 Å². The molecule has 0 aromatic heterocycles. The Morgan fingerprint density at radius 2 is 2.50 bits per heavy atom. The van der Waals surface area contributed by atoms with Gasteiger partial charge in [-0.2, -0.15) is 0 Å². The molecule has 0 aromatic carbocycles. The lowest BCUT2D eigenvalue weighted by atomic mass is 10.3. The molecular formula is C7H12O3. The maximum absolute atomic E-state index is 10.4. The third-order valence-corrected chi connectivity index (χ3v) is 1.08. The number of rotatable bonds is 4. The number of carbonyl (C=O) groups excluding carboxylic acids is 1. The summed E-state index contributed by atoms with van der Waals surface area (Å²) in [5.74, 6) is -0.605. The van der Waals surface area contributed by atoms with Crippen LogP contribution in [0.3, 0.4) is 0 Å². The second-order valence-electron chi connectivity index (χ2n) is 1.83. The smallest absolute Gasteiger partial charge is 0.332 e. The van der Waals surface area contributed by atoms with Gasteiger partial charge in [-0.25, -0.2) is 4.79 Å². The molecule has 0 aliphatic rings. The molecule has 0 rings (SSSR count). The van der Waals surface area contributed by atoms with E-state index in [-0.39, 0.29) is 6.10 Å². The number of ether oxygens (including phenoxy) is 1. The molecular weight excluding hydrogens is 132 g/mol. The molecule has 3 heteroatoms. The summed E-state index contributed by atoms with van der Waals surface area (Å²) in [5.41, 5.74) is 0. The molecule has 1 unspecified atom stereocenters. The van der Waals surface area contributed by atoms with Crippen LogP contribution < -0.4 is 0 Å². The van der Waals surface area contributed by atoms with Gasteiger partial charge in [0.05, 0.1) is 0 Å². The summed E-state index contributed by atoms with van der Waals surface area (Å²) in [6, 6.07) is 0. The van der Waals surface area contributed by atoms with Crippen LogP contribution in [0, 0.1) is 0 Å². The Hall–Kier alpha value is -0.830. The van der Waals surface area contributed by atoms with Crippen LogP contribution in [0.25, 0.3) is 0 Å². The molecule has 0 saturated heterocycles. The monoisotopic (exact) mass is 144 g/mol. The van der Waals surface area contributed by atoms with Crippen LogP contribution in [-0.2, 0) is 9.53 Å². The largest absolute Gasteiger partial charge is 0.456 e. The van der Waals surface area contributed by atoms with E-state index in [1.807, 2.05) is 6.92 Å². The highest BCUT2D eigenvalue weighted by Gasteiger charge is 2.05. The topological polar surface area (TPSA) is 46.5 Å². The van der Waals surface area contributed by atoms with E-state index in [9.17, 15) is 4.79 Å². The van der Waals surface area contributed by atoms with Crippen LogP contribution in [0.2, 0.25) is 0 Å². The van der Waals surface area contributed by atoms with Gasteiger partial charge in [-0.15, -0.1) is 0 Å². The molecule has 0 saturated carbocycles. The van der Waals surface area contributed by atoms with Gasteiger partial charge in [0, 0.05) is 0 Å². The first-order chi connectivity index (χ1) is 4.74. The predicted molar refractivity (Wildman–Crippen MR) is 37.5 cm³/mol. The zero-order valence-electron chi connectivity index (χ0n) is 6.04. The van der Waals surface area contributed by atoms with E-state index >= 15 is 0 Å². The second-order valence-corrected chi connectivity index (χ2v) is 1.83. The Kier molecular flexibility index (Phi) is 4.58. The standard InChI is InChI=1S/C7H12O3/c1-3-6(4-2)10-7(9)5-8/h3,6,8H,1,4-5H2,2H3. The third kappa shape index (κ3) is 3.25. The minimum Gasteiger partial charge on any atom is -0.456 e.